The van der Waals surface area contributed by atoms with Crippen molar-refractivity contribution in [1.29, 1.82) is 0 Å². The quantitative estimate of drug-likeness (QED) is 0.509. The van der Waals surface area contributed by atoms with E-state index in [0.29, 0.717) is 6.54 Å². The summed E-state index contributed by atoms with van der Waals surface area (Å²) in [6.07, 6.45) is 6.35. The van der Waals surface area contributed by atoms with Crippen LogP contribution in [0.1, 0.15) is 32.1 Å². The zero-order valence-electron chi connectivity index (χ0n) is 11.0. The third-order valence-corrected chi connectivity index (χ3v) is 3.73. The molecular formula is C12H17ClN4O3. The number of anilines is 1. The van der Waals surface area contributed by atoms with Crippen molar-refractivity contribution in [2.45, 2.75) is 38.1 Å². The van der Waals surface area contributed by atoms with Gasteiger partial charge in [-0.25, -0.2) is 4.98 Å². The van der Waals surface area contributed by atoms with Gasteiger partial charge in [0.25, 0.3) is 0 Å². The number of halogens is 1. The highest BCUT2D eigenvalue weighted by atomic mass is 35.5. The van der Waals surface area contributed by atoms with Crippen LogP contribution in [0.4, 0.5) is 11.5 Å². The van der Waals surface area contributed by atoms with E-state index in [1.54, 1.807) is 4.90 Å². The van der Waals surface area contributed by atoms with E-state index < -0.39 is 4.92 Å². The van der Waals surface area contributed by atoms with Crippen molar-refractivity contribution >= 4 is 23.1 Å². The topological polar surface area (TPSA) is 92.4 Å². The lowest BCUT2D eigenvalue weighted by molar-refractivity contribution is -0.384. The molecule has 8 heteroatoms. The Bertz CT molecular complexity index is 480. The number of aromatic nitrogens is 2. The molecule has 1 saturated carbocycles. The molecule has 0 amide bonds. The maximum atomic E-state index is 11.1. The average molecular weight is 301 g/mol. The normalized spacial score (nSPS) is 16.1. The van der Waals surface area contributed by atoms with E-state index >= 15 is 0 Å². The molecule has 0 atom stereocenters. The van der Waals surface area contributed by atoms with Crippen molar-refractivity contribution in [2.24, 2.45) is 0 Å². The molecule has 0 saturated heterocycles. The fraction of sp³-hybridized carbons (Fsp3) is 0.667. The minimum Gasteiger partial charge on any atom is -0.395 e. The van der Waals surface area contributed by atoms with Crippen LogP contribution in [0.3, 0.4) is 0 Å². The maximum absolute atomic E-state index is 11.1. The van der Waals surface area contributed by atoms with E-state index in [1.165, 1.54) is 6.42 Å². The summed E-state index contributed by atoms with van der Waals surface area (Å²) in [5, 5.41) is 20.3. The van der Waals surface area contributed by atoms with Gasteiger partial charge in [0.05, 0.1) is 11.5 Å². The third-order valence-electron chi connectivity index (χ3n) is 3.55. The van der Waals surface area contributed by atoms with E-state index in [2.05, 4.69) is 9.97 Å². The number of rotatable bonds is 5. The van der Waals surface area contributed by atoms with Crippen LogP contribution < -0.4 is 4.90 Å². The Morgan fingerprint density at radius 1 is 1.45 bits per heavy atom. The first kappa shape index (κ1) is 14.9. The third kappa shape index (κ3) is 3.34. The Labute approximate surface area is 121 Å². The van der Waals surface area contributed by atoms with Crippen molar-refractivity contribution < 1.29 is 10.0 Å². The van der Waals surface area contributed by atoms with E-state index in [1.807, 2.05) is 0 Å². The fourth-order valence-corrected chi connectivity index (χ4v) is 2.78. The first-order valence-corrected chi connectivity index (χ1v) is 7.05. The molecule has 1 aliphatic rings. The van der Waals surface area contributed by atoms with Crippen LogP contribution in [-0.2, 0) is 0 Å². The van der Waals surface area contributed by atoms with Gasteiger partial charge in [0.1, 0.15) is 6.20 Å². The number of hydrogen-bond donors (Lipinski definition) is 1. The number of hydrogen-bond acceptors (Lipinski definition) is 6. The molecule has 1 aromatic heterocycles. The molecular weight excluding hydrogens is 284 g/mol. The van der Waals surface area contributed by atoms with Gasteiger partial charge in [0.2, 0.25) is 11.1 Å². The second-order valence-electron chi connectivity index (χ2n) is 4.81. The Kier molecular flexibility index (Phi) is 5.08. The van der Waals surface area contributed by atoms with Crippen molar-refractivity contribution in [3.63, 3.8) is 0 Å². The van der Waals surface area contributed by atoms with Gasteiger partial charge < -0.3 is 10.0 Å². The largest absolute Gasteiger partial charge is 0.395 e. The first-order chi connectivity index (χ1) is 9.63. The van der Waals surface area contributed by atoms with E-state index in [4.69, 9.17) is 11.6 Å². The van der Waals surface area contributed by atoms with Crippen LogP contribution in [0.2, 0.25) is 5.28 Å². The smallest absolute Gasteiger partial charge is 0.329 e. The number of aliphatic hydroxyl groups excluding tert-OH is 1. The molecule has 1 fully saturated rings. The lowest BCUT2D eigenvalue weighted by Gasteiger charge is -2.34. The SMILES string of the molecule is O=[N+]([O-])c1cnc(Cl)nc1N(CCO)C1CCCCC1. The molecule has 1 heterocycles. The summed E-state index contributed by atoms with van der Waals surface area (Å²) in [6, 6.07) is 0.153. The number of nitrogens with zero attached hydrogens (tertiary/aromatic N) is 4. The molecule has 20 heavy (non-hydrogen) atoms. The molecule has 0 aromatic carbocycles. The van der Waals surface area contributed by atoms with E-state index in [0.717, 1.165) is 31.9 Å². The van der Waals surface area contributed by atoms with Crippen LogP contribution in [0, 0.1) is 10.1 Å². The van der Waals surface area contributed by atoms with Crippen LogP contribution in [0.5, 0.6) is 0 Å². The van der Waals surface area contributed by atoms with Crippen LogP contribution in [0.15, 0.2) is 6.20 Å². The summed E-state index contributed by atoms with van der Waals surface area (Å²) >= 11 is 5.77. The van der Waals surface area contributed by atoms with Gasteiger partial charge in [-0.3, -0.25) is 10.1 Å². The molecule has 1 aromatic rings. The monoisotopic (exact) mass is 300 g/mol. The van der Waals surface area contributed by atoms with Crippen molar-refractivity contribution in [3.05, 3.63) is 21.6 Å². The Balaban J connectivity index is 2.36. The zero-order chi connectivity index (χ0) is 14.5. The fourth-order valence-electron chi connectivity index (χ4n) is 2.65. The highest BCUT2D eigenvalue weighted by Crippen LogP contribution is 2.32. The van der Waals surface area contributed by atoms with Gasteiger partial charge in [0, 0.05) is 12.6 Å². The summed E-state index contributed by atoms with van der Waals surface area (Å²) in [6.45, 7) is 0.216. The molecule has 1 N–H and O–H groups in total. The summed E-state index contributed by atoms with van der Waals surface area (Å²) in [4.78, 5) is 20.1. The predicted molar refractivity (Wildman–Crippen MR) is 75.0 cm³/mol. The molecule has 2 rings (SSSR count). The highest BCUT2D eigenvalue weighted by Gasteiger charge is 2.28. The molecule has 110 valence electrons. The lowest BCUT2D eigenvalue weighted by Crippen LogP contribution is -2.39. The van der Waals surface area contributed by atoms with Crippen molar-refractivity contribution in [3.8, 4) is 0 Å². The second-order valence-corrected chi connectivity index (χ2v) is 5.15. The molecule has 7 nitrogen and oxygen atoms in total. The Hall–Kier alpha value is -1.47. The Morgan fingerprint density at radius 3 is 2.75 bits per heavy atom. The number of aliphatic hydroxyl groups is 1. The van der Waals surface area contributed by atoms with Gasteiger partial charge in [-0.05, 0) is 24.4 Å². The number of nitro groups is 1. The lowest BCUT2D eigenvalue weighted by atomic mass is 9.94. The van der Waals surface area contributed by atoms with Crippen molar-refractivity contribution in [2.75, 3.05) is 18.1 Å². The standard InChI is InChI=1S/C12H17ClN4O3/c13-12-14-8-10(17(19)20)11(15-12)16(6-7-18)9-4-2-1-3-5-9/h8-9,18H,1-7H2. The molecule has 0 spiro atoms. The van der Waals surface area contributed by atoms with Gasteiger partial charge >= 0.3 is 5.69 Å². The zero-order valence-corrected chi connectivity index (χ0v) is 11.8. The van der Waals surface area contributed by atoms with E-state index in [-0.39, 0.29) is 29.4 Å². The van der Waals surface area contributed by atoms with E-state index in [9.17, 15) is 15.2 Å². The predicted octanol–water partition coefficient (Wildman–Crippen LogP) is 2.17. The van der Waals surface area contributed by atoms with Crippen molar-refractivity contribution in [1.82, 2.24) is 9.97 Å². The Morgan fingerprint density at radius 2 is 2.15 bits per heavy atom. The first-order valence-electron chi connectivity index (χ1n) is 6.68. The van der Waals surface area contributed by atoms with Crippen LogP contribution >= 0.6 is 11.6 Å². The van der Waals surface area contributed by atoms with Gasteiger partial charge in [-0.15, -0.1) is 0 Å². The minimum absolute atomic E-state index is 0.0238. The summed E-state index contributed by atoms with van der Waals surface area (Å²) in [5.74, 6) is 0.205. The minimum atomic E-state index is -0.515. The van der Waals surface area contributed by atoms with Crippen LogP contribution in [0.25, 0.3) is 0 Å². The molecule has 1 aliphatic carbocycles. The summed E-state index contributed by atoms with van der Waals surface area (Å²) in [5.41, 5.74) is -0.173. The van der Waals surface area contributed by atoms with Crippen LogP contribution in [-0.4, -0.2) is 39.2 Å². The molecule has 0 unspecified atom stereocenters. The van der Waals surface area contributed by atoms with Gasteiger partial charge in [0.15, 0.2) is 0 Å². The van der Waals surface area contributed by atoms with Gasteiger partial charge in [-0.2, -0.15) is 4.98 Å². The second kappa shape index (κ2) is 6.81. The van der Waals surface area contributed by atoms with Gasteiger partial charge in [-0.1, -0.05) is 19.3 Å². The summed E-state index contributed by atoms with van der Waals surface area (Å²) < 4.78 is 0. The molecule has 0 bridgehead atoms. The molecule has 0 radical (unpaired) electrons. The highest BCUT2D eigenvalue weighted by molar-refractivity contribution is 6.28. The average Bonchev–Trinajstić information content (AvgIpc) is 2.45. The maximum Gasteiger partial charge on any atom is 0.329 e. The summed E-state index contributed by atoms with van der Waals surface area (Å²) in [7, 11) is 0. The molecule has 0 aliphatic heterocycles.